The Hall–Kier alpha value is -2.71. The van der Waals surface area contributed by atoms with Crippen LogP contribution in [0.2, 0.25) is 0 Å². The first-order valence-electron chi connectivity index (χ1n) is 10.8. The molecule has 1 aromatic heterocycles. The van der Waals surface area contributed by atoms with E-state index in [1.54, 1.807) is 6.92 Å². The molecule has 1 aromatic carbocycles. The maximum Gasteiger partial charge on any atom is 0.332 e. The molecule has 0 bridgehead atoms. The van der Waals surface area contributed by atoms with E-state index in [9.17, 15) is 14.4 Å². The molecule has 0 aliphatic carbocycles. The van der Waals surface area contributed by atoms with E-state index in [0.717, 1.165) is 41.9 Å². The van der Waals surface area contributed by atoms with Crippen LogP contribution >= 0.6 is 0 Å². The van der Waals surface area contributed by atoms with Crippen molar-refractivity contribution in [3.8, 4) is 0 Å². The van der Waals surface area contributed by atoms with Crippen molar-refractivity contribution >= 4 is 11.6 Å². The normalized spacial score (nSPS) is 16.6. The molecule has 1 atom stereocenters. The second kappa shape index (κ2) is 9.20. The Labute approximate surface area is 182 Å². The van der Waals surface area contributed by atoms with Crippen molar-refractivity contribution in [2.45, 2.75) is 39.3 Å². The Morgan fingerprint density at radius 2 is 1.55 bits per heavy atom. The Balaban J connectivity index is 1.65. The smallest absolute Gasteiger partial charge is 0.332 e. The van der Waals surface area contributed by atoms with Gasteiger partial charge in [0, 0.05) is 46.8 Å². The van der Waals surface area contributed by atoms with E-state index in [-0.39, 0.29) is 17.2 Å². The van der Waals surface area contributed by atoms with E-state index in [1.807, 2.05) is 0 Å². The predicted octanol–water partition coefficient (Wildman–Crippen LogP) is 1.18. The molecule has 168 valence electrons. The van der Waals surface area contributed by atoms with Gasteiger partial charge in [0.1, 0.15) is 11.4 Å². The number of hydrogen-bond acceptors (Lipinski definition) is 6. The Bertz CT molecular complexity index is 1060. The van der Waals surface area contributed by atoms with E-state index in [4.69, 9.17) is 5.73 Å². The number of carbonyl (C=O) groups is 1. The van der Waals surface area contributed by atoms with Crippen molar-refractivity contribution in [2.75, 3.05) is 31.9 Å². The largest absolute Gasteiger partial charge is 0.384 e. The monoisotopic (exact) mass is 427 g/mol. The molecule has 1 aliphatic heterocycles. The number of ketones is 1. The molecule has 1 aliphatic rings. The molecule has 2 heterocycles. The van der Waals surface area contributed by atoms with Gasteiger partial charge < -0.3 is 5.73 Å². The molecule has 1 unspecified atom stereocenters. The fraction of sp³-hybridized carbons (Fsp3) is 0.522. The molecule has 8 heteroatoms. The highest BCUT2D eigenvalue weighted by molar-refractivity contribution is 6.03. The summed E-state index contributed by atoms with van der Waals surface area (Å²) < 4.78 is 2.07. The summed E-state index contributed by atoms with van der Waals surface area (Å²) in [4.78, 5) is 42.1. The molecule has 2 N–H and O–H groups in total. The zero-order valence-corrected chi connectivity index (χ0v) is 19.1. The highest BCUT2D eigenvalue weighted by atomic mass is 16.2. The third-order valence-corrected chi connectivity index (χ3v) is 6.34. The number of nitrogen functional groups attached to an aromatic ring is 1. The van der Waals surface area contributed by atoms with Gasteiger partial charge in [-0.2, -0.15) is 0 Å². The summed E-state index contributed by atoms with van der Waals surface area (Å²) in [5, 5.41) is 0. The zero-order valence-electron chi connectivity index (χ0n) is 19.1. The van der Waals surface area contributed by atoms with Crippen LogP contribution in [0.25, 0.3) is 0 Å². The van der Waals surface area contributed by atoms with Gasteiger partial charge in [0.25, 0.3) is 5.56 Å². The van der Waals surface area contributed by atoms with Crippen molar-refractivity contribution < 1.29 is 4.79 Å². The van der Waals surface area contributed by atoms with Crippen LogP contribution in [0.15, 0.2) is 33.9 Å². The number of nitrogens with two attached hydrogens (primary N) is 1. The fourth-order valence-electron chi connectivity index (χ4n) is 4.04. The second-order valence-corrected chi connectivity index (χ2v) is 8.71. The number of Topliss-reactive ketones (excluding diaryl/α,β-unsaturated/α-hetero) is 1. The lowest BCUT2D eigenvalue weighted by atomic mass is 10.0. The Morgan fingerprint density at radius 1 is 0.968 bits per heavy atom. The van der Waals surface area contributed by atoms with Gasteiger partial charge in [-0.25, -0.2) is 4.79 Å². The van der Waals surface area contributed by atoms with Gasteiger partial charge in [0.05, 0.1) is 6.04 Å². The first kappa shape index (κ1) is 23.0. The number of rotatable bonds is 6. The van der Waals surface area contributed by atoms with Gasteiger partial charge in [-0.05, 0) is 24.0 Å². The second-order valence-electron chi connectivity index (χ2n) is 8.71. The minimum Gasteiger partial charge on any atom is -0.384 e. The van der Waals surface area contributed by atoms with Gasteiger partial charge in [0.2, 0.25) is 0 Å². The van der Waals surface area contributed by atoms with Gasteiger partial charge in [-0.15, -0.1) is 0 Å². The molecular weight excluding hydrogens is 394 g/mol. The summed E-state index contributed by atoms with van der Waals surface area (Å²) in [5.74, 6) is 0.106. The lowest BCUT2D eigenvalue weighted by Crippen LogP contribution is -2.52. The standard InChI is InChI=1S/C23H33N5O3/c1-15(2)18-8-6-17(7-9-18)14-27-10-12-28(13-11-27)16(3)20(29)19-21(24)25(4)23(31)26(5)22(19)30/h6-9,15-16H,10-14,24H2,1-5H3. The number of anilines is 1. The molecule has 2 aromatic rings. The summed E-state index contributed by atoms with van der Waals surface area (Å²) in [6.45, 7) is 10.2. The van der Waals surface area contributed by atoms with E-state index < -0.39 is 17.3 Å². The van der Waals surface area contributed by atoms with Crippen LogP contribution in [0, 0.1) is 0 Å². The summed E-state index contributed by atoms with van der Waals surface area (Å²) in [6.07, 6.45) is 0. The van der Waals surface area contributed by atoms with Gasteiger partial charge in [-0.1, -0.05) is 38.1 Å². The minimum atomic E-state index is -0.638. The first-order valence-corrected chi connectivity index (χ1v) is 10.8. The quantitative estimate of drug-likeness (QED) is 0.696. The van der Waals surface area contributed by atoms with Crippen LogP contribution in [-0.4, -0.2) is 56.9 Å². The van der Waals surface area contributed by atoms with Crippen LogP contribution in [-0.2, 0) is 20.6 Å². The van der Waals surface area contributed by atoms with Gasteiger partial charge >= 0.3 is 5.69 Å². The molecule has 1 saturated heterocycles. The van der Waals surface area contributed by atoms with Crippen molar-refractivity contribution in [1.29, 1.82) is 0 Å². The van der Waals surface area contributed by atoms with Crippen LogP contribution in [0.4, 0.5) is 5.82 Å². The van der Waals surface area contributed by atoms with Crippen molar-refractivity contribution in [1.82, 2.24) is 18.9 Å². The lowest BCUT2D eigenvalue weighted by molar-refractivity contribution is 0.0685. The summed E-state index contributed by atoms with van der Waals surface area (Å²) >= 11 is 0. The molecule has 0 saturated carbocycles. The average molecular weight is 428 g/mol. The molecular formula is C23H33N5O3. The third-order valence-electron chi connectivity index (χ3n) is 6.34. The van der Waals surface area contributed by atoms with Gasteiger partial charge in [0.15, 0.2) is 5.78 Å². The third kappa shape index (κ3) is 4.65. The lowest BCUT2D eigenvalue weighted by Gasteiger charge is -2.37. The van der Waals surface area contributed by atoms with Crippen LogP contribution < -0.4 is 17.0 Å². The minimum absolute atomic E-state index is 0.0755. The van der Waals surface area contributed by atoms with Crippen LogP contribution in [0.5, 0.6) is 0 Å². The van der Waals surface area contributed by atoms with E-state index in [0.29, 0.717) is 5.92 Å². The SMILES string of the molecule is CC(C)c1ccc(CN2CCN(C(C)C(=O)c3c(N)n(C)c(=O)n(C)c3=O)CC2)cc1. The number of benzene rings is 1. The highest BCUT2D eigenvalue weighted by Crippen LogP contribution is 2.17. The molecule has 0 spiro atoms. The topological polar surface area (TPSA) is 93.6 Å². The average Bonchev–Trinajstić information content (AvgIpc) is 2.76. The number of aromatic nitrogens is 2. The van der Waals surface area contributed by atoms with Crippen molar-refractivity contribution in [2.24, 2.45) is 14.1 Å². The Morgan fingerprint density at radius 3 is 2.10 bits per heavy atom. The predicted molar refractivity (Wildman–Crippen MR) is 123 cm³/mol. The van der Waals surface area contributed by atoms with Crippen molar-refractivity contribution in [3.63, 3.8) is 0 Å². The molecule has 0 radical (unpaired) electrons. The summed E-state index contributed by atoms with van der Waals surface area (Å²) in [7, 11) is 2.82. The number of nitrogens with zero attached hydrogens (tertiary/aromatic N) is 4. The summed E-state index contributed by atoms with van der Waals surface area (Å²) in [5.41, 5.74) is 7.29. The molecule has 1 fully saturated rings. The van der Waals surface area contributed by atoms with Crippen LogP contribution in [0.1, 0.15) is 48.2 Å². The number of piperazine rings is 1. The zero-order chi connectivity index (χ0) is 22.9. The number of hydrogen-bond donors (Lipinski definition) is 1. The van der Waals surface area contributed by atoms with E-state index in [2.05, 4.69) is 47.9 Å². The maximum atomic E-state index is 13.1. The summed E-state index contributed by atoms with van der Waals surface area (Å²) in [6, 6.07) is 8.27. The van der Waals surface area contributed by atoms with E-state index in [1.165, 1.54) is 25.2 Å². The van der Waals surface area contributed by atoms with Crippen molar-refractivity contribution in [3.05, 3.63) is 61.8 Å². The fourth-order valence-corrected chi connectivity index (χ4v) is 4.04. The Kier molecular flexibility index (Phi) is 6.81. The highest BCUT2D eigenvalue weighted by Gasteiger charge is 2.30. The molecule has 8 nitrogen and oxygen atoms in total. The van der Waals surface area contributed by atoms with Crippen LogP contribution in [0.3, 0.4) is 0 Å². The molecule has 0 amide bonds. The number of carbonyl (C=O) groups excluding carboxylic acids is 1. The molecule has 31 heavy (non-hydrogen) atoms. The van der Waals surface area contributed by atoms with E-state index >= 15 is 0 Å². The first-order chi connectivity index (χ1) is 14.6. The van der Waals surface area contributed by atoms with Gasteiger partial charge in [-0.3, -0.25) is 28.5 Å². The maximum absolute atomic E-state index is 13.1. The molecule has 3 rings (SSSR count).